The van der Waals surface area contributed by atoms with E-state index in [1.807, 2.05) is 6.92 Å². The average molecular weight is 251 g/mol. The molecule has 4 nitrogen and oxygen atoms in total. The van der Waals surface area contributed by atoms with Gasteiger partial charge in [-0.2, -0.15) is 0 Å². The van der Waals surface area contributed by atoms with Crippen LogP contribution in [0, 0.1) is 12.3 Å². The zero-order valence-corrected chi connectivity index (χ0v) is 12.2. The second kappa shape index (κ2) is 6.81. The van der Waals surface area contributed by atoms with Gasteiger partial charge in [0.05, 0.1) is 11.4 Å². The van der Waals surface area contributed by atoms with E-state index in [0.717, 1.165) is 31.0 Å². The van der Waals surface area contributed by atoms with Crippen LogP contribution in [0.3, 0.4) is 0 Å². The second-order valence-corrected chi connectivity index (χ2v) is 5.54. The number of aromatic nitrogens is 2. The molecular formula is C14H25N3O. The van der Waals surface area contributed by atoms with Gasteiger partial charge in [0, 0.05) is 38.7 Å². The molecule has 0 saturated carbocycles. The highest BCUT2D eigenvalue weighted by molar-refractivity contribution is 5.12. The van der Waals surface area contributed by atoms with Crippen LogP contribution < -0.4 is 5.32 Å². The molecule has 1 rings (SSSR count). The third-order valence-electron chi connectivity index (χ3n) is 3.20. The number of hydrogen-bond acceptors (Lipinski definition) is 4. The Hall–Kier alpha value is -1.00. The normalized spacial score (nSPS) is 13.6. The van der Waals surface area contributed by atoms with Crippen molar-refractivity contribution in [3.05, 3.63) is 23.8 Å². The number of nitrogens with zero attached hydrogens (tertiary/aromatic N) is 2. The van der Waals surface area contributed by atoms with Crippen molar-refractivity contribution in [1.29, 1.82) is 0 Å². The Balaban J connectivity index is 2.51. The summed E-state index contributed by atoms with van der Waals surface area (Å²) >= 11 is 0. The summed E-state index contributed by atoms with van der Waals surface area (Å²) < 4.78 is 5.14. The fourth-order valence-corrected chi connectivity index (χ4v) is 1.84. The maximum absolute atomic E-state index is 5.14. The Morgan fingerprint density at radius 1 is 1.33 bits per heavy atom. The van der Waals surface area contributed by atoms with Crippen molar-refractivity contribution < 1.29 is 4.74 Å². The molecule has 0 bridgehead atoms. The van der Waals surface area contributed by atoms with Gasteiger partial charge in [-0.3, -0.25) is 9.97 Å². The predicted molar refractivity (Wildman–Crippen MR) is 73.5 cm³/mol. The zero-order chi connectivity index (χ0) is 13.6. The van der Waals surface area contributed by atoms with Crippen LogP contribution >= 0.6 is 0 Å². The first-order valence-electron chi connectivity index (χ1n) is 6.46. The molecule has 102 valence electrons. The van der Waals surface area contributed by atoms with Crippen LogP contribution in [-0.4, -0.2) is 30.2 Å². The minimum Gasteiger partial charge on any atom is -0.385 e. The van der Waals surface area contributed by atoms with E-state index in [4.69, 9.17) is 4.74 Å². The highest BCUT2D eigenvalue weighted by atomic mass is 16.5. The average Bonchev–Trinajstić information content (AvgIpc) is 2.34. The Morgan fingerprint density at radius 3 is 2.61 bits per heavy atom. The van der Waals surface area contributed by atoms with Crippen molar-refractivity contribution in [2.75, 3.05) is 20.3 Å². The van der Waals surface area contributed by atoms with Crippen molar-refractivity contribution in [1.82, 2.24) is 15.3 Å². The molecule has 0 aliphatic carbocycles. The van der Waals surface area contributed by atoms with Gasteiger partial charge < -0.3 is 10.1 Å². The lowest BCUT2D eigenvalue weighted by molar-refractivity contribution is 0.149. The monoisotopic (exact) mass is 251 g/mol. The van der Waals surface area contributed by atoms with Crippen molar-refractivity contribution in [2.24, 2.45) is 5.41 Å². The predicted octanol–water partition coefficient (Wildman–Crippen LogP) is 2.50. The molecule has 1 aromatic rings. The van der Waals surface area contributed by atoms with Crippen molar-refractivity contribution in [3.8, 4) is 0 Å². The third-order valence-corrected chi connectivity index (χ3v) is 3.20. The zero-order valence-electron chi connectivity index (χ0n) is 12.2. The lowest BCUT2D eigenvalue weighted by Gasteiger charge is -2.27. The van der Waals surface area contributed by atoms with Gasteiger partial charge in [-0.15, -0.1) is 0 Å². The Labute approximate surface area is 110 Å². The molecule has 0 spiro atoms. The van der Waals surface area contributed by atoms with E-state index in [9.17, 15) is 0 Å². The number of nitrogens with one attached hydrogen (secondary N) is 1. The lowest BCUT2D eigenvalue weighted by atomic mass is 9.89. The fourth-order valence-electron chi connectivity index (χ4n) is 1.84. The van der Waals surface area contributed by atoms with Gasteiger partial charge in [0.1, 0.15) is 0 Å². The maximum Gasteiger partial charge on any atom is 0.0782 e. The molecule has 0 aliphatic rings. The molecule has 0 radical (unpaired) electrons. The molecule has 18 heavy (non-hydrogen) atoms. The van der Waals surface area contributed by atoms with Gasteiger partial charge in [-0.05, 0) is 25.7 Å². The molecule has 1 aromatic heterocycles. The summed E-state index contributed by atoms with van der Waals surface area (Å²) in [5.41, 5.74) is 2.24. The molecule has 0 amide bonds. The van der Waals surface area contributed by atoms with Crippen LogP contribution in [0.5, 0.6) is 0 Å². The Bertz CT molecular complexity index is 366. The summed E-state index contributed by atoms with van der Waals surface area (Å²) in [6.07, 6.45) is 4.52. The van der Waals surface area contributed by atoms with E-state index < -0.39 is 0 Å². The van der Waals surface area contributed by atoms with E-state index in [2.05, 4.69) is 36.1 Å². The molecular weight excluding hydrogens is 226 g/mol. The number of hydrogen-bond donors (Lipinski definition) is 1. The summed E-state index contributed by atoms with van der Waals surface area (Å²) in [5.74, 6) is 0. The fraction of sp³-hybridized carbons (Fsp3) is 0.714. The van der Waals surface area contributed by atoms with Gasteiger partial charge in [0.25, 0.3) is 0 Å². The van der Waals surface area contributed by atoms with E-state index in [1.165, 1.54) is 0 Å². The van der Waals surface area contributed by atoms with Gasteiger partial charge in [0.15, 0.2) is 0 Å². The van der Waals surface area contributed by atoms with E-state index in [1.54, 1.807) is 19.5 Å². The summed E-state index contributed by atoms with van der Waals surface area (Å²) in [4.78, 5) is 8.66. The minimum atomic E-state index is 0.223. The van der Waals surface area contributed by atoms with Gasteiger partial charge in [0.2, 0.25) is 0 Å². The number of methoxy groups -OCH3 is 1. The standard InChI is InChI=1S/C14H25N3O/c1-11-13(16-8-7-15-11)12(2)17-10-14(3,4)6-9-18-5/h7-8,12,17H,6,9-10H2,1-5H3. The lowest BCUT2D eigenvalue weighted by Crippen LogP contribution is -2.32. The Morgan fingerprint density at radius 2 is 2.00 bits per heavy atom. The minimum absolute atomic E-state index is 0.223. The van der Waals surface area contributed by atoms with Crippen LogP contribution in [0.2, 0.25) is 0 Å². The third kappa shape index (κ3) is 4.70. The number of rotatable bonds is 7. The highest BCUT2D eigenvalue weighted by Crippen LogP contribution is 2.21. The quantitative estimate of drug-likeness (QED) is 0.809. The van der Waals surface area contributed by atoms with Crippen LogP contribution in [0.15, 0.2) is 12.4 Å². The number of aryl methyl sites for hydroxylation is 1. The van der Waals surface area contributed by atoms with Crippen molar-refractivity contribution in [3.63, 3.8) is 0 Å². The Kier molecular flexibility index (Phi) is 5.69. The van der Waals surface area contributed by atoms with Crippen LogP contribution in [0.25, 0.3) is 0 Å². The summed E-state index contributed by atoms with van der Waals surface area (Å²) in [6, 6.07) is 0.223. The smallest absolute Gasteiger partial charge is 0.0782 e. The van der Waals surface area contributed by atoms with Crippen LogP contribution in [0.1, 0.15) is 44.6 Å². The second-order valence-electron chi connectivity index (χ2n) is 5.54. The summed E-state index contributed by atoms with van der Waals surface area (Å²) in [5, 5.41) is 3.53. The van der Waals surface area contributed by atoms with Gasteiger partial charge in [-0.1, -0.05) is 13.8 Å². The number of ether oxygens (including phenoxy) is 1. The first kappa shape index (κ1) is 15.1. The van der Waals surface area contributed by atoms with Crippen LogP contribution in [-0.2, 0) is 4.74 Å². The first-order valence-corrected chi connectivity index (χ1v) is 6.46. The summed E-state index contributed by atoms with van der Waals surface area (Å²) in [6.45, 7) is 10.4. The molecule has 0 aliphatic heterocycles. The van der Waals surface area contributed by atoms with Gasteiger partial charge in [-0.25, -0.2) is 0 Å². The van der Waals surface area contributed by atoms with E-state index in [-0.39, 0.29) is 11.5 Å². The molecule has 1 atom stereocenters. The largest absolute Gasteiger partial charge is 0.385 e. The molecule has 1 unspecified atom stereocenters. The highest BCUT2D eigenvalue weighted by Gasteiger charge is 2.19. The topological polar surface area (TPSA) is 47.0 Å². The molecule has 0 saturated heterocycles. The van der Waals surface area contributed by atoms with E-state index in [0.29, 0.717) is 0 Å². The van der Waals surface area contributed by atoms with Gasteiger partial charge >= 0.3 is 0 Å². The van der Waals surface area contributed by atoms with Crippen molar-refractivity contribution in [2.45, 2.75) is 40.2 Å². The molecule has 0 aromatic carbocycles. The molecule has 4 heteroatoms. The van der Waals surface area contributed by atoms with E-state index >= 15 is 0 Å². The van der Waals surface area contributed by atoms with Crippen LogP contribution in [0.4, 0.5) is 0 Å². The molecule has 1 N–H and O–H groups in total. The summed E-state index contributed by atoms with van der Waals surface area (Å²) in [7, 11) is 1.75. The SMILES string of the molecule is COCCC(C)(C)CNC(C)c1nccnc1C. The molecule has 0 fully saturated rings. The van der Waals surface area contributed by atoms with Crippen molar-refractivity contribution >= 4 is 0 Å². The molecule has 1 heterocycles. The first-order chi connectivity index (χ1) is 8.46. The maximum atomic E-state index is 5.14.